The van der Waals surface area contributed by atoms with Crippen molar-refractivity contribution in [3.8, 4) is 0 Å². The van der Waals surface area contributed by atoms with Crippen LogP contribution < -0.4 is 4.72 Å². The number of hydrogen-bond donors (Lipinski definition) is 2. The van der Waals surface area contributed by atoms with Gasteiger partial charge in [0.1, 0.15) is 4.90 Å². The van der Waals surface area contributed by atoms with Crippen LogP contribution in [0.15, 0.2) is 17.3 Å². The Morgan fingerprint density at radius 1 is 1.55 bits per heavy atom. The lowest BCUT2D eigenvalue weighted by molar-refractivity contribution is 0.256. The lowest BCUT2D eigenvalue weighted by Crippen LogP contribution is -2.36. The first kappa shape index (κ1) is 17.1. The second-order valence-electron chi connectivity index (χ2n) is 4.80. The monoisotopic (exact) mass is 304 g/mol. The second-order valence-corrected chi connectivity index (χ2v) is 6.57. The van der Waals surface area contributed by atoms with Crippen LogP contribution in [0.3, 0.4) is 0 Å². The smallest absolute Gasteiger partial charge is 0.243 e. The summed E-state index contributed by atoms with van der Waals surface area (Å²) in [5, 5.41) is 12.7. The van der Waals surface area contributed by atoms with E-state index in [-0.39, 0.29) is 18.0 Å². The molecule has 0 aliphatic carbocycles. The number of hydrogen-bond acceptors (Lipinski definition) is 5. The predicted octanol–water partition coefficient (Wildman–Crippen LogP) is -0.116. The molecule has 0 spiro atoms. The molecule has 0 aliphatic heterocycles. The van der Waals surface area contributed by atoms with Crippen LogP contribution >= 0.6 is 0 Å². The van der Waals surface area contributed by atoms with E-state index in [2.05, 4.69) is 28.6 Å². The molecule has 7 nitrogen and oxygen atoms in total. The molecule has 1 heterocycles. The van der Waals surface area contributed by atoms with E-state index in [1.807, 2.05) is 7.05 Å². The van der Waals surface area contributed by atoms with Crippen molar-refractivity contribution >= 4 is 10.0 Å². The molecule has 0 bridgehead atoms. The molecule has 8 heteroatoms. The number of aliphatic hydroxyl groups excluding tert-OH is 1. The number of aliphatic hydroxyl groups is 1. The van der Waals surface area contributed by atoms with Crippen molar-refractivity contribution in [2.75, 3.05) is 26.7 Å². The van der Waals surface area contributed by atoms with Crippen LogP contribution in [-0.4, -0.2) is 61.0 Å². The van der Waals surface area contributed by atoms with E-state index in [4.69, 9.17) is 5.11 Å². The maximum atomic E-state index is 12.0. The zero-order chi connectivity index (χ0) is 15.2. The molecule has 20 heavy (non-hydrogen) atoms. The molecule has 0 aliphatic rings. The molecule has 0 saturated carbocycles. The third-order valence-corrected chi connectivity index (χ3v) is 4.76. The zero-order valence-corrected chi connectivity index (χ0v) is 13.1. The Bertz CT molecular complexity index is 501. The fraction of sp³-hybridized carbons (Fsp3) is 0.750. The Balaban J connectivity index is 2.52. The second kappa shape index (κ2) is 7.72. The van der Waals surface area contributed by atoms with Crippen LogP contribution in [0.5, 0.6) is 0 Å². The summed E-state index contributed by atoms with van der Waals surface area (Å²) < 4.78 is 28.0. The quantitative estimate of drug-likeness (QED) is 0.664. The third-order valence-electron chi connectivity index (χ3n) is 3.35. The number of nitrogens with one attached hydrogen (secondary N) is 1. The topological polar surface area (TPSA) is 87.5 Å². The maximum absolute atomic E-state index is 12.0. The van der Waals surface area contributed by atoms with Gasteiger partial charge in [-0.3, -0.25) is 4.68 Å². The van der Waals surface area contributed by atoms with Gasteiger partial charge in [0.15, 0.2) is 0 Å². The number of aromatic nitrogens is 2. The van der Waals surface area contributed by atoms with Gasteiger partial charge in [0.25, 0.3) is 0 Å². The summed E-state index contributed by atoms with van der Waals surface area (Å²) in [6, 6.07) is 0.423. The number of likely N-dealkylation sites (N-methyl/N-ethyl adjacent to an activating group) is 1. The lowest BCUT2D eigenvalue weighted by Gasteiger charge is -2.23. The summed E-state index contributed by atoms with van der Waals surface area (Å²) in [6.45, 7) is 5.42. The van der Waals surface area contributed by atoms with Crippen LogP contribution in [0.25, 0.3) is 0 Å². The summed E-state index contributed by atoms with van der Waals surface area (Å²) in [6.07, 6.45) is 3.73. The fourth-order valence-corrected chi connectivity index (χ4v) is 2.65. The SMILES string of the molecule is CCC(C)N(C)CCNS(=O)(=O)c1cnn(CCO)c1. The van der Waals surface area contributed by atoms with Gasteiger partial charge >= 0.3 is 0 Å². The fourth-order valence-electron chi connectivity index (χ4n) is 1.68. The summed E-state index contributed by atoms with van der Waals surface area (Å²) in [5.74, 6) is 0. The van der Waals surface area contributed by atoms with Crippen molar-refractivity contribution in [3.05, 3.63) is 12.4 Å². The summed E-state index contributed by atoms with van der Waals surface area (Å²) in [4.78, 5) is 2.23. The summed E-state index contributed by atoms with van der Waals surface area (Å²) in [7, 11) is -1.55. The first-order chi connectivity index (χ1) is 9.40. The van der Waals surface area contributed by atoms with Gasteiger partial charge in [0, 0.05) is 25.3 Å². The van der Waals surface area contributed by atoms with Crippen LogP contribution in [0, 0.1) is 0 Å². The van der Waals surface area contributed by atoms with Gasteiger partial charge in [-0.05, 0) is 20.4 Å². The highest BCUT2D eigenvalue weighted by Gasteiger charge is 2.16. The Morgan fingerprint density at radius 3 is 2.85 bits per heavy atom. The molecular weight excluding hydrogens is 280 g/mol. The standard InChI is InChI=1S/C12H24N4O3S/c1-4-11(2)15(3)6-5-14-20(18,19)12-9-13-16(10-12)7-8-17/h9-11,14,17H,4-8H2,1-3H3. The molecule has 1 unspecified atom stereocenters. The first-order valence-corrected chi connectivity index (χ1v) is 8.22. The molecule has 0 fully saturated rings. The van der Waals surface area contributed by atoms with Gasteiger partial charge < -0.3 is 10.0 Å². The van der Waals surface area contributed by atoms with Gasteiger partial charge in [-0.2, -0.15) is 5.10 Å². The van der Waals surface area contributed by atoms with E-state index in [9.17, 15) is 8.42 Å². The molecule has 116 valence electrons. The minimum absolute atomic E-state index is 0.0751. The Hall–Kier alpha value is -0.960. The van der Waals surface area contributed by atoms with Crippen molar-refractivity contribution in [2.24, 2.45) is 0 Å². The molecular formula is C12H24N4O3S. The molecule has 1 aromatic heterocycles. The Morgan fingerprint density at radius 2 is 2.25 bits per heavy atom. The summed E-state index contributed by atoms with van der Waals surface area (Å²) >= 11 is 0. The van der Waals surface area contributed by atoms with Crippen molar-refractivity contribution < 1.29 is 13.5 Å². The van der Waals surface area contributed by atoms with Crippen LogP contribution in [0.1, 0.15) is 20.3 Å². The van der Waals surface area contributed by atoms with Gasteiger partial charge in [-0.25, -0.2) is 13.1 Å². The molecule has 0 aromatic carbocycles. The molecule has 0 radical (unpaired) electrons. The third kappa shape index (κ3) is 4.86. The van der Waals surface area contributed by atoms with Crippen molar-refractivity contribution in [2.45, 2.75) is 37.8 Å². The van der Waals surface area contributed by atoms with E-state index in [1.165, 1.54) is 17.1 Å². The minimum atomic E-state index is -3.53. The number of rotatable bonds is 9. The highest BCUT2D eigenvalue weighted by molar-refractivity contribution is 7.89. The van der Waals surface area contributed by atoms with Gasteiger partial charge in [0.05, 0.1) is 19.3 Å². The normalized spacial score (nSPS) is 13.8. The molecule has 1 aromatic rings. The van der Waals surface area contributed by atoms with E-state index in [1.54, 1.807) is 0 Å². The predicted molar refractivity (Wildman–Crippen MR) is 76.9 cm³/mol. The van der Waals surface area contributed by atoms with E-state index in [0.717, 1.165) is 6.42 Å². The van der Waals surface area contributed by atoms with Gasteiger partial charge in [0.2, 0.25) is 10.0 Å². The molecule has 2 N–H and O–H groups in total. The average molecular weight is 304 g/mol. The molecule has 0 amide bonds. The van der Waals surface area contributed by atoms with E-state index in [0.29, 0.717) is 19.1 Å². The molecule has 1 atom stereocenters. The van der Waals surface area contributed by atoms with Crippen LogP contribution in [0.2, 0.25) is 0 Å². The first-order valence-electron chi connectivity index (χ1n) is 6.74. The number of nitrogens with zero attached hydrogens (tertiary/aromatic N) is 3. The van der Waals surface area contributed by atoms with Crippen LogP contribution in [-0.2, 0) is 16.6 Å². The number of sulfonamides is 1. The molecule has 0 saturated heterocycles. The zero-order valence-electron chi connectivity index (χ0n) is 12.3. The van der Waals surface area contributed by atoms with Crippen LogP contribution in [0.4, 0.5) is 0 Å². The van der Waals surface area contributed by atoms with Crippen molar-refractivity contribution in [1.29, 1.82) is 0 Å². The van der Waals surface area contributed by atoms with Crippen molar-refractivity contribution in [3.63, 3.8) is 0 Å². The minimum Gasteiger partial charge on any atom is -0.394 e. The van der Waals surface area contributed by atoms with Gasteiger partial charge in [-0.15, -0.1) is 0 Å². The van der Waals surface area contributed by atoms with Gasteiger partial charge in [-0.1, -0.05) is 6.92 Å². The average Bonchev–Trinajstić information content (AvgIpc) is 2.87. The van der Waals surface area contributed by atoms with Crippen molar-refractivity contribution in [1.82, 2.24) is 19.4 Å². The summed E-state index contributed by atoms with van der Waals surface area (Å²) in [5.41, 5.74) is 0. The largest absolute Gasteiger partial charge is 0.394 e. The highest BCUT2D eigenvalue weighted by Crippen LogP contribution is 2.06. The Kier molecular flexibility index (Phi) is 6.60. The Labute approximate surface area is 120 Å². The highest BCUT2D eigenvalue weighted by atomic mass is 32.2. The van der Waals surface area contributed by atoms with E-state index >= 15 is 0 Å². The lowest BCUT2D eigenvalue weighted by atomic mass is 10.2. The maximum Gasteiger partial charge on any atom is 0.243 e. The molecule has 1 rings (SSSR count). The van der Waals surface area contributed by atoms with E-state index < -0.39 is 10.0 Å².